The van der Waals surface area contributed by atoms with Crippen LogP contribution in [-0.4, -0.2) is 38.5 Å². The summed E-state index contributed by atoms with van der Waals surface area (Å²) in [7, 11) is 0. The number of carboxylic acid groups (broad SMARTS) is 1. The SMILES string of the molecule is O=C(Cn1c(O)c(N=NC(=O)C(=O)Nc2cccc(C(=O)O)c2)c2ccccc21)Nc1ccccc1. The molecule has 3 aromatic carbocycles. The van der Waals surface area contributed by atoms with Gasteiger partial charge in [0.2, 0.25) is 11.8 Å². The number of rotatable bonds is 6. The molecule has 0 fully saturated rings. The number of carbonyl (C=O) groups excluding carboxylic acids is 3. The van der Waals surface area contributed by atoms with Crippen LogP contribution in [0.3, 0.4) is 0 Å². The zero-order valence-electron chi connectivity index (χ0n) is 18.6. The minimum Gasteiger partial charge on any atom is -0.493 e. The van der Waals surface area contributed by atoms with Gasteiger partial charge in [-0.3, -0.25) is 14.4 Å². The van der Waals surface area contributed by atoms with E-state index in [1.54, 1.807) is 48.5 Å². The predicted octanol–water partition coefficient (Wildman–Crippen LogP) is 3.93. The average molecular weight is 485 g/mol. The highest BCUT2D eigenvalue weighted by Crippen LogP contribution is 2.38. The van der Waals surface area contributed by atoms with Crippen LogP contribution < -0.4 is 10.6 Å². The molecule has 0 spiro atoms. The highest BCUT2D eigenvalue weighted by Gasteiger charge is 2.20. The molecule has 36 heavy (non-hydrogen) atoms. The zero-order valence-corrected chi connectivity index (χ0v) is 18.6. The number of fused-ring (bicyclic) bond motifs is 1. The van der Waals surface area contributed by atoms with Crippen LogP contribution >= 0.6 is 0 Å². The Balaban J connectivity index is 1.53. The fraction of sp³-hybridized carbons (Fsp3) is 0.0400. The summed E-state index contributed by atoms with van der Waals surface area (Å²) < 4.78 is 1.31. The molecule has 4 N–H and O–H groups in total. The third-order valence-electron chi connectivity index (χ3n) is 5.08. The van der Waals surface area contributed by atoms with Crippen LogP contribution in [0.1, 0.15) is 10.4 Å². The molecule has 0 saturated carbocycles. The molecule has 4 aromatic rings. The number of azo groups is 1. The second kappa shape index (κ2) is 10.3. The first-order valence-electron chi connectivity index (χ1n) is 10.6. The van der Waals surface area contributed by atoms with E-state index in [2.05, 4.69) is 20.9 Å². The Labute approximate surface area is 203 Å². The number of aromatic hydroxyl groups is 1. The van der Waals surface area contributed by atoms with Gasteiger partial charge in [0.15, 0.2) is 5.69 Å². The molecule has 0 unspecified atom stereocenters. The summed E-state index contributed by atoms with van der Waals surface area (Å²) in [5, 5.41) is 32.4. The van der Waals surface area contributed by atoms with E-state index >= 15 is 0 Å². The third kappa shape index (κ3) is 5.25. The molecule has 0 atom stereocenters. The fourth-order valence-corrected chi connectivity index (χ4v) is 3.45. The molecule has 11 heteroatoms. The van der Waals surface area contributed by atoms with E-state index in [0.717, 1.165) is 0 Å². The van der Waals surface area contributed by atoms with Gasteiger partial charge in [-0.05, 0) is 36.4 Å². The lowest BCUT2D eigenvalue weighted by Gasteiger charge is -2.08. The van der Waals surface area contributed by atoms with Crippen molar-refractivity contribution in [1.29, 1.82) is 0 Å². The number of carboxylic acids is 1. The largest absolute Gasteiger partial charge is 0.493 e. The quantitative estimate of drug-likeness (QED) is 0.239. The Morgan fingerprint density at radius 2 is 1.53 bits per heavy atom. The van der Waals surface area contributed by atoms with Gasteiger partial charge in [-0.15, -0.1) is 10.2 Å². The van der Waals surface area contributed by atoms with Gasteiger partial charge in [0.25, 0.3) is 0 Å². The van der Waals surface area contributed by atoms with Gasteiger partial charge < -0.3 is 25.4 Å². The molecule has 1 heterocycles. The Morgan fingerprint density at radius 3 is 2.28 bits per heavy atom. The molecule has 0 aliphatic heterocycles. The van der Waals surface area contributed by atoms with E-state index in [0.29, 0.717) is 16.6 Å². The third-order valence-corrected chi connectivity index (χ3v) is 5.08. The van der Waals surface area contributed by atoms with Gasteiger partial charge in [-0.1, -0.05) is 42.5 Å². The summed E-state index contributed by atoms with van der Waals surface area (Å²) in [5.41, 5.74) is 0.980. The Morgan fingerprint density at radius 1 is 0.833 bits per heavy atom. The molecule has 0 radical (unpaired) electrons. The number of anilines is 2. The predicted molar refractivity (Wildman–Crippen MR) is 130 cm³/mol. The van der Waals surface area contributed by atoms with Crippen LogP contribution in [0, 0.1) is 0 Å². The number of hydrogen-bond donors (Lipinski definition) is 4. The van der Waals surface area contributed by atoms with E-state index in [4.69, 9.17) is 5.11 Å². The van der Waals surface area contributed by atoms with Crippen LogP contribution in [0.2, 0.25) is 0 Å². The zero-order chi connectivity index (χ0) is 25.7. The smallest absolute Gasteiger partial charge is 0.353 e. The monoisotopic (exact) mass is 485 g/mol. The summed E-state index contributed by atoms with van der Waals surface area (Å²) in [5.74, 6) is -4.42. The first kappa shape index (κ1) is 23.8. The minimum absolute atomic E-state index is 0.0732. The van der Waals surface area contributed by atoms with Crippen molar-refractivity contribution in [1.82, 2.24) is 4.57 Å². The van der Waals surface area contributed by atoms with Gasteiger partial charge >= 0.3 is 17.8 Å². The summed E-state index contributed by atoms with van der Waals surface area (Å²) in [6.45, 7) is -0.245. The van der Waals surface area contributed by atoms with Crippen LogP contribution in [0.5, 0.6) is 5.88 Å². The number of nitrogens with one attached hydrogen (secondary N) is 2. The topological polar surface area (TPSA) is 162 Å². The number of benzene rings is 3. The van der Waals surface area contributed by atoms with Gasteiger partial charge in [-0.25, -0.2) is 4.79 Å². The fourth-order valence-electron chi connectivity index (χ4n) is 3.45. The molecule has 180 valence electrons. The van der Waals surface area contributed by atoms with Gasteiger partial charge in [0.1, 0.15) is 6.54 Å². The van der Waals surface area contributed by atoms with Crippen molar-refractivity contribution < 1.29 is 29.4 Å². The number of nitrogens with zero attached hydrogens (tertiary/aromatic N) is 3. The molecule has 0 aliphatic rings. The van der Waals surface area contributed by atoms with Crippen molar-refractivity contribution in [3.05, 3.63) is 84.4 Å². The van der Waals surface area contributed by atoms with Crippen molar-refractivity contribution in [2.24, 2.45) is 10.2 Å². The van der Waals surface area contributed by atoms with E-state index in [1.807, 2.05) is 6.07 Å². The first-order valence-corrected chi connectivity index (χ1v) is 10.6. The van der Waals surface area contributed by atoms with Crippen molar-refractivity contribution in [3.8, 4) is 5.88 Å². The van der Waals surface area contributed by atoms with Crippen LogP contribution in [-0.2, 0) is 20.9 Å². The van der Waals surface area contributed by atoms with Gasteiger partial charge in [0, 0.05) is 16.8 Å². The number of amides is 3. The van der Waals surface area contributed by atoms with Crippen molar-refractivity contribution in [3.63, 3.8) is 0 Å². The van der Waals surface area contributed by atoms with E-state index in [9.17, 15) is 24.3 Å². The molecule has 0 aliphatic carbocycles. The highest BCUT2D eigenvalue weighted by atomic mass is 16.4. The maximum absolute atomic E-state index is 12.5. The summed E-state index contributed by atoms with van der Waals surface area (Å²) in [4.78, 5) is 48.0. The maximum Gasteiger partial charge on any atom is 0.353 e. The summed E-state index contributed by atoms with van der Waals surface area (Å²) >= 11 is 0. The van der Waals surface area contributed by atoms with Crippen LogP contribution in [0.15, 0.2) is 89.1 Å². The second-order valence-corrected chi connectivity index (χ2v) is 7.53. The summed E-state index contributed by atoms with van der Waals surface area (Å²) in [6.07, 6.45) is 0. The molecule has 3 amide bonds. The van der Waals surface area contributed by atoms with Gasteiger partial charge in [0.05, 0.1) is 11.1 Å². The van der Waals surface area contributed by atoms with Crippen LogP contribution in [0.25, 0.3) is 10.9 Å². The average Bonchev–Trinajstić information content (AvgIpc) is 3.13. The lowest BCUT2D eigenvalue weighted by molar-refractivity contribution is -0.134. The molecular formula is C25H19N5O6. The Kier molecular flexibility index (Phi) is 6.82. The number of carbonyl (C=O) groups is 4. The molecule has 11 nitrogen and oxygen atoms in total. The summed E-state index contributed by atoms with van der Waals surface area (Å²) in [6, 6.07) is 20.8. The van der Waals surface area contributed by atoms with Crippen LogP contribution in [0.4, 0.5) is 17.1 Å². The lowest BCUT2D eigenvalue weighted by Crippen LogP contribution is -2.20. The molecular weight excluding hydrogens is 466 g/mol. The molecule has 1 aromatic heterocycles. The number of aromatic carboxylic acids is 1. The standard InChI is InChI=1S/C25H19N5O6/c31-20(26-16-8-2-1-3-9-16)14-30-19-12-5-4-11-18(19)21(24(30)34)28-29-23(33)22(32)27-17-10-6-7-15(13-17)25(35)36/h1-13,34H,14H2,(H,26,31)(H,27,32)(H,35,36). The van der Waals surface area contributed by atoms with Crippen molar-refractivity contribution in [2.75, 3.05) is 10.6 Å². The lowest BCUT2D eigenvalue weighted by atomic mass is 10.2. The van der Waals surface area contributed by atoms with E-state index in [-0.39, 0.29) is 23.5 Å². The Hall–Kier alpha value is -5.32. The second-order valence-electron chi connectivity index (χ2n) is 7.53. The normalized spacial score (nSPS) is 10.9. The van der Waals surface area contributed by atoms with E-state index in [1.165, 1.54) is 28.8 Å². The number of hydrogen-bond acceptors (Lipinski definition) is 6. The van der Waals surface area contributed by atoms with Gasteiger partial charge in [-0.2, -0.15) is 0 Å². The Bertz CT molecular complexity index is 1510. The molecule has 0 bridgehead atoms. The molecule has 4 rings (SSSR count). The number of para-hydroxylation sites is 2. The first-order chi connectivity index (χ1) is 17.3. The number of aromatic nitrogens is 1. The highest BCUT2D eigenvalue weighted by molar-refractivity contribution is 6.40. The van der Waals surface area contributed by atoms with Crippen molar-refractivity contribution in [2.45, 2.75) is 6.54 Å². The van der Waals surface area contributed by atoms with E-state index < -0.39 is 29.6 Å². The molecule has 0 saturated heterocycles. The minimum atomic E-state index is -1.27. The van der Waals surface area contributed by atoms with Crippen molar-refractivity contribution >= 4 is 51.7 Å². The maximum atomic E-state index is 12.5.